The van der Waals surface area contributed by atoms with Gasteiger partial charge >= 0.3 is 0 Å². The molecule has 148 valence electrons. The van der Waals surface area contributed by atoms with E-state index in [1.54, 1.807) is 17.0 Å². The average molecular weight is 425 g/mol. The molecule has 4 rings (SSSR count). The van der Waals surface area contributed by atoms with Crippen LogP contribution in [0.2, 0.25) is 5.02 Å². The van der Waals surface area contributed by atoms with Crippen molar-refractivity contribution in [1.29, 1.82) is 0 Å². The van der Waals surface area contributed by atoms with Crippen LogP contribution in [-0.4, -0.2) is 46.7 Å². The first-order chi connectivity index (χ1) is 13.0. The number of anilines is 2. The van der Waals surface area contributed by atoms with Crippen molar-refractivity contribution in [1.82, 2.24) is 14.5 Å². The van der Waals surface area contributed by atoms with Gasteiger partial charge in [-0.2, -0.15) is 0 Å². The molecule has 2 aromatic heterocycles. The molecule has 0 unspecified atom stereocenters. The first kappa shape index (κ1) is 20.4. The number of benzene rings is 1. The molecule has 1 aliphatic rings. The Hall–Kier alpha value is -2.35. The van der Waals surface area contributed by atoms with Crippen molar-refractivity contribution in [3.05, 3.63) is 53.1 Å². The minimum atomic E-state index is -0.471. The summed E-state index contributed by atoms with van der Waals surface area (Å²) >= 11 is 5.81. The highest BCUT2D eigenvalue weighted by molar-refractivity contribution is 6.30. The SMILES string of the molecule is Cl.Cn1ccc2c(Nc3ccc(Cl)cc3F)ncc(C(=O)N3CCOCC3)c21. The van der Waals surface area contributed by atoms with Gasteiger partial charge in [-0.3, -0.25) is 4.79 Å². The number of nitrogens with zero attached hydrogens (tertiary/aromatic N) is 3. The number of fused-ring (bicyclic) bond motifs is 1. The number of carbonyl (C=O) groups excluding carboxylic acids is 1. The second kappa shape index (κ2) is 8.34. The quantitative estimate of drug-likeness (QED) is 0.689. The Morgan fingerprint density at radius 1 is 1.29 bits per heavy atom. The maximum Gasteiger partial charge on any atom is 0.257 e. The number of aromatic nitrogens is 2. The van der Waals surface area contributed by atoms with Gasteiger partial charge in [0.1, 0.15) is 11.6 Å². The Bertz CT molecular complexity index is 1020. The van der Waals surface area contributed by atoms with E-state index in [1.807, 2.05) is 23.9 Å². The van der Waals surface area contributed by atoms with Crippen LogP contribution in [0.5, 0.6) is 0 Å². The zero-order valence-corrected chi connectivity index (χ0v) is 16.7. The monoisotopic (exact) mass is 424 g/mol. The van der Waals surface area contributed by atoms with Crippen molar-refractivity contribution < 1.29 is 13.9 Å². The van der Waals surface area contributed by atoms with Crippen molar-refractivity contribution in [2.24, 2.45) is 7.05 Å². The van der Waals surface area contributed by atoms with Gasteiger partial charge in [-0.15, -0.1) is 12.4 Å². The molecule has 9 heteroatoms. The molecule has 3 heterocycles. The summed E-state index contributed by atoms with van der Waals surface area (Å²) in [5, 5.41) is 4.06. The smallest absolute Gasteiger partial charge is 0.257 e. The molecule has 0 bridgehead atoms. The summed E-state index contributed by atoms with van der Waals surface area (Å²) < 4.78 is 21.3. The lowest BCUT2D eigenvalue weighted by molar-refractivity contribution is 0.0303. The summed E-state index contributed by atoms with van der Waals surface area (Å²) in [4.78, 5) is 19.1. The average Bonchev–Trinajstić information content (AvgIpc) is 3.07. The van der Waals surface area contributed by atoms with Gasteiger partial charge in [0.05, 0.1) is 30.0 Å². The summed E-state index contributed by atoms with van der Waals surface area (Å²) in [5.41, 5.74) is 1.53. The summed E-state index contributed by atoms with van der Waals surface area (Å²) in [6.45, 7) is 2.18. The van der Waals surface area contributed by atoms with Crippen LogP contribution in [0.25, 0.3) is 10.9 Å². The molecule has 6 nitrogen and oxygen atoms in total. The Labute approximate surface area is 172 Å². The molecule has 1 N–H and O–H groups in total. The fourth-order valence-corrected chi connectivity index (χ4v) is 3.39. The number of hydrogen-bond donors (Lipinski definition) is 1. The molecule has 28 heavy (non-hydrogen) atoms. The number of carbonyl (C=O) groups is 1. The van der Waals surface area contributed by atoms with Crippen LogP contribution in [0.1, 0.15) is 10.4 Å². The van der Waals surface area contributed by atoms with Gasteiger partial charge in [-0.05, 0) is 24.3 Å². The lowest BCUT2D eigenvalue weighted by Crippen LogP contribution is -2.40. The predicted molar refractivity (Wildman–Crippen MR) is 109 cm³/mol. The van der Waals surface area contributed by atoms with Gasteiger partial charge in [0.2, 0.25) is 0 Å². The van der Waals surface area contributed by atoms with Crippen LogP contribution in [-0.2, 0) is 11.8 Å². The van der Waals surface area contributed by atoms with E-state index in [1.165, 1.54) is 12.3 Å². The molecule has 3 aromatic rings. The number of halogens is 3. The Kier molecular flexibility index (Phi) is 6.07. The second-order valence-electron chi connectivity index (χ2n) is 6.36. The zero-order valence-electron chi connectivity index (χ0n) is 15.1. The van der Waals surface area contributed by atoms with Gasteiger partial charge in [0.15, 0.2) is 0 Å². The number of nitrogens with one attached hydrogen (secondary N) is 1. The fourth-order valence-electron chi connectivity index (χ4n) is 3.23. The van der Waals surface area contributed by atoms with E-state index < -0.39 is 5.82 Å². The van der Waals surface area contributed by atoms with Gasteiger partial charge in [0.25, 0.3) is 5.91 Å². The molecule has 0 spiro atoms. The number of pyridine rings is 1. The van der Waals surface area contributed by atoms with Crippen molar-refractivity contribution in [2.75, 3.05) is 31.6 Å². The largest absolute Gasteiger partial charge is 0.378 e. The van der Waals surface area contributed by atoms with Gasteiger partial charge < -0.3 is 19.5 Å². The number of rotatable bonds is 3. The zero-order chi connectivity index (χ0) is 19.0. The topological polar surface area (TPSA) is 59.4 Å². The predicted octanol–water partition coefficient (Wildman–Crippen LogP) is 4.00. The van der Waals surface area contributed by atoms with Gasteiger partial charge in [0, 0.05) is 42.9 Å². The first-order valence-electron chi connectivity index (χ1n) is 8.58. The summed E-state index contributed by atoms with van der Waals surface area (Å²) in [6, 6.07) is 6.25. The van der Waals surface area contributed by atoms with Gasteiger partial charge in [-0.1, -0.05) is 11.6 Å². The molecule has 0 aliphatic carbocycles. The van der Waals surface area contributed by atoms with Crippen LogP contribution in [0.4, 0.5) is 15.9 Å². The molecule has 0 saturated carbocycles. The molecule has 1 aromatic carbocycles. The van der Waals surface area contributed by atoms with Crippen LogP contribution < -0.4 is 5.32 Å². The van der Waals surface area contributed by atoms with Crippen LogP contribution in [0.15, 0.2) is 36.7 Å². The van der Waals surface area contributed by atoms with E-state index in [4.69, 9.17) is 16.3 Å². The molecule has 0 atom stereocenters. The number of aryl methyl sites for hydroxylation is 1. The van der Waals surface area contributed by atoms with Gasteiger partial charge in [-0.25, -0.2) is 9.37 Å². The highest BCUT2D eigenvalue weighted by Crippen LogP contribution is 2.30. The number of amides is 1. The fraction of sp³-hybridized carbons (Fsp3) is 0.263. The Balaban J connectivity index is 0.00000225. The van der Waals surface area contributed by atoms with E-state index in [0.717, 1.165) is 10.9 Å². The van der Waals surface area contributed by atoms with E-state index in [0.29, 0.717) is 42.7 Å². The normalized spacial score (nSPS) is 14.0. The molecule has 1 amide bonds. The van der Waals surface area contributed by atoms with E-state index >= 15 is 0 Å². The van der Waals surface area contributed by atoms with Crippen LogP contribution >= 0.6 is 24.0 Å². The molecule has 0 radical (unpaired) electrons. The maximum absolute atomic E-state index is 14.1. The summed E-state index contributed by atoms with van der Waals surface area (Å²) in [7, 11) is 1.87. The third-order valence-electron chi connectivity index (χ3n) is 4.62. The standard InChI is InChI=1S/C19H18ClFN4O2.ClH/c1-24-5-4-13-17(24)14(19(26)25-6-8-27-9-7-25)11-22-18(13)23-16-3-2-12(20)10-15(16)21;/h2-5,10-11H,6-9H2,1H3,(H,22,23);1H. The second-order valence-corrected chi connectivity index (χ2v) is 6.80. The highest BCUT2D eigenvalue weighted by Gasteiger charge is 2.23. The molecule has 1 aliphatic heterocycles. The van der Waals surface area contributed by atoms with Crippen LogP contribution in [0, 0.1) is 5.82 Å². The maximum atomic E-state index is 14.1. The number of hydrogen-bond acceptors (Lipinski definition) is 4. The minimum Gasteiger partial charge on any atom is -0.378 e. The summed E-state index contributed by atoms with van der Waals surface area (Å²) in [6.07, 6.45) is 3.39. The molecule has 1 fully saturated rings. The minimum absolute atomic E-state index is 0. The number of ether oxygens (including phenoxy) is 1. The van der Waals surface area contributed by atoms with Crippen molar-refractivity contribution in [3.8, 4) is 0 Å². The molecule has 1 saturated heterocycles. The van der Waals surface area contributed by atoms with E-state index in [2.05, 4.69) is 10.3 Å². The van der Waals surface area contributed by atoms with E-state index in [9.17, 15) is 9.18 Å². The Morgan fingerprint density at radius 3 is 2.75 bits per heavy atom. The van der Waals surface area contributed by atoms with Crippen molar-refractivity contribution >= 4 is 52.3 Å². The van der Waals surface area contributed by atoms with Crippen LogP contribution in [0.3, 0.4) is 0 Å². The van der Waals surface area contributed by atoms with E-state index in [-0.39, 0.29) is 24.0 Å². The third-order valence-corrected chi connectivity index (χ3v) is 4.85. The lowest BCUT2D eigenvalue weighted by atomic mass is 10.1. The summed E-state index contributed by atoms with van der Waals surface area (Å²) in [5.74, 6) is -0.0750. The lowest BCUT2D eigenvalue weighted by Gasteiger charge is -2.27. The number of morpholine rings is 1. The highest BCUT2D eigenvalue weighted by atomic mass is 35.5. The van der Waals surface area contributed by atoms with Crippen molar-refractivity contribution in [2.45, 2.75) is 0 Å². The molecular formula is C19H19Cl2FN4O2. The Morgan fingerprint density at radius 2 is 2.04 bits per heavy atom. The van der Waals surface area contributed by atoms with Crippen molar-refractivity contribution in [3.63, 3.8) is 0 Å². The first-order valence-corrected chi connectivity index (χ1v) is 8.95. The third kappa shape index (κ3) is 3.78. The molecular weight excluding hydrogens is 406 g/mol.